The summed E-state index contributed by atoms with van der Waals surface area (Å²) < 4.78 is 0. The Morgan fingerprint density at radius 1 is 1.17 bits per heavy atom. The molecular formula is C16H27NO. The maximum atomic E-state index is 12.7. The van der Waals surface area contributed by atoms with Crippen LogP contribution in [-0.4, -0.2) is 5.78 Å². The van der Waals surface area contributed by atoms with Crippen LogP contribution in [0, 0.1) is 34.5 Å². The lowest BCUT2D eigenvalue weighted by Crippen LogP contribution is -2.35. The quantitative estimate of drug-likeness (QED) is 0.702. The number of nitriles is 1. The molecule has 1 unspecified atom stereocenters. The molecule has 1 rings (SSSR count). The molecule has 0 spiro atoms. The first-order valence-electron chi connectivity index (χ1n) is 7.35. The van der Waals surface area contributed by atoms with Crippen molar-refractivity contribution in [1.29, 1.82) is 5.26 Å². The van der Waals surface area contributed by atoms with Crippen molar-refractivity contribution >= 4 is 5.78 Å². The molecule has 18 heavy (non-hydrogen) atoms. The molecule has 1 saturated carbocycles. The first-order chi connectivity index (χ1) is 8.41. The van der Waals surface area contributed by atoms with Gasteiger partial charge in [0.2, 0.25) is 0 Å². The van der Waals surface area contributed by atoms with Crippen LogP contribution < -0.4 is 0 Å². The molecule has 0 bridgehead atoms. The van der Waals surface area contributed by atoms with Crippen molar-refractivity contribution in [2.24, 2.45) is 23.2 Å². The van der Waals surface area contributed by atoms with Gasteiger partial charge in [-0.15, -0.1) is 0 Å². The lowest BCUT2D eigenvalue weighted by molar-refractivity contribution is -0.132. The smallest absolute Gasteiger partial charge is 0.156 e. The molecule has 0 N–H and O–H groups in total. The fourth-order valence-corrected chi connectivity index (χ4v) is 3.44. The van der Waals surface area contributed by atoms with Gasteiger partial charge in [-0.05, 0) is 37.5 Å². The van der Waals surface area contributed by atoms with Crippen molar-refractivity contribution in [3.63, 3.8) is 0 Å². The SMILES string of the molecule is CC(C)CC(C#N)C(=O)C1(CC(C)C)CCCC1. The van der Waals surface area contributed by atoms with E-state index < -0.39 is 0 Å². The highest BCUT2D eigenvalue weighted by Gasteiger charge is 2.44. The Kier molecular flexibility index (Phi) is 5.38. The third kappa shape index (κ3) is 3.57. The third-order valence-corrected chi connectivity index (χ3v) is 4.06. The first kappa shape index (κ1) is 15.2. The Labute approximate surface area is 112 Å². The van der Waals surface area contributed by atoms with Crippen LogP contribution in [0.3, 0.4) is 0 Å². The summed E-state index contributed by atoms with van der Waals surface area (Å²) in [5.41, 5.74) is -0.177. The van der Waals surface area contributed by atoms with Crippen LogP contribution in [0.15, 0.2) is 0 Å². The molecule has 0 aliphatic heterocycles. The van der Waals surface area contributed by atoms with Crippen LogP contribution in [0.25, 0.3) is 0 Å². The zero-order chi connectivity index (χ0) is 13.8. The van der Waals surface area contributed by atoms with E-state index in [1.165, 1.54) is 0 Å². The van der Waals surface area contributed by atoms with Crippen LogP contribution in [0.2, 0.25) is 0 Å². The lowest BCUT2D eigenvalue weighted by Gasteiger charge is -2.31. The Bertz CT molecular complexity index is 318. The van der Waals surface area contributed by atoms with Gasteiger partial charge in [-0.1, -0.05) is 40.5 Å². The largest absolute Gasteiger partial charge is 0.298 e. The van der Waals surface area contributed by atoms with E-state index in [9.17, 15) is 10.1 Å². The van der Waals surface area contributed by atoms with E-state index in [1.54, 1.807) is 0 Å². The van der Waals surface area contributed by atoms with Crippen molar-refractivity contribution in [2.45, 2.75) is 66.2 Å². The second-order valence-corrected chi connectivity index (χ2v) is 6.76. The molecule has 0 saturated heterocycles. The minimum absolute atomic E-state index is 0.177. The maximum Gasteiger partial charge on any atom is 0.156 e. The van der Waals surface area contributed by atoms with Crippen molar-refractivity contribution in [1.82, 2.24) is 0 Å². The first-order valence-corrected chi connectivity index (χ1v) is 7.35. The van der Waals surface area contributed by atoms with Crippen molar-refractivity contribution < 1.29 is 4.79 Å². The van der Waals surface area contributed by atoms with Crippen LogP contribution in [0.4, 0.5) is 0 Å². The van der Waals surface area contributed by atoms with Gasteiger partial charge in [0.15, 0.2) is 5.78 Å². The molecule has 1 atom stereocenters. The minimum Gasteiger partial charge on any atom is -0.298 e. The molecule has 0 aromatic carbocycles. The molecule has 1 aliphatic carbocycles. The average molecular weight is 249 g/mol. The summed E-state index contributed by atoms with van der Waals surface area (Å²) in [6.45, 7) is 8.52. The maximum absolute atomic E-state index is 12.7. The number of ketones is 1. The molecule has 0 aromatic rings. The Balaban J connectivity index is 2.85. The van der Waals surface area contributed by atoms with Crippen molar-refractivity contribution in [2.75, 3.05) is 0 Å². The fourth-order valence-electron chi connectivity index (χ4n) is 3.44. The summed E-state index contributed by atoms with van der Waals surface area (Å²) in [5.74, 6) is 0.799. The van der Waals surface area contributed by atoms with Gasteiger partial charge in [-0.25, -0.2) is 0 Å². The van der Waals surface area contributed by atoms with E-state index in [1.807, 2.05) is 0 Å². The summed E-state index contributed by atoms with van der Waals surface area (Å²) in [6.07, 6.45) is 5.98. The fraction of sp³-hybridized carbons (Fsp3) is 0.875. The molecule has 0 amide bonds. The zero-order valence-electron chi connectivity index (χ0n) is 12.3. The van der Waals surface area contributed by atoms with Gasteiger partial charge in [0, 0.05) is 5.41 Å². The molecule has 0 aromatic heterocycles. The van der Waals surface area contributed by atoms with Gasteiger partial charge >= 0.3 is 0 Å². The summed E-state index contributed by atoms with van der Waals surface area (Å²) >= 11 is 0. The molecule has 0 heterocycles. The highest BCUT2D eigenvalue weighted by Crippen LogP contribution is 2.46. The molecule has 2 heteroatoms. The van der Waals surface area contributed by atoms with Gasteiger partial charge in [-0.3, -0.25) is 4.79 Å². The predicted octanol–water partition coefficient (Wildman–Crippen LogP) is 4.35. The van der Waals surface area contributed by atoms with Gasteiger partial charge < -0.3 is 0 Å². The Hall–Kier alpha value is -0.840. The van der Waals surface area contributed by atoms with Gasteiger partial charge in [0.05, 0.1) is 6.07 Å². The van der Waals surface area contributed by atoms with E-state index in [0.29, 0.717) is 11.8 Å². The Morgan fingerprint density at radius 2 is 1.72 bits per heavy atom. The second-order valence-electron chi connectivity index (χ2n) is 6.76. The van der Waals surface area contributed by atoms with E-state index in [4.69, 9.17) is 0 Å². The number of hydrogen-bond acceptors (Lipinski definition) is 2. The molecular weight excluding hydrogens is 222 g/mol. The highest BCUT2D eigenvalue weighted by atomic mass is 16.1. The Morgan fingerprint density at radius 3 is 2.11 bits per heavy atom. The summed E-state index contributed by atoms with van der Waals surface area (Å²) in [5, 5.41) is 9.28. The third-order valence-electron chi connectivity index (χ3n) is 4.06. The summed E-state index contributed by atoms with van der Waals surface area (Å²) in [4.78, 5) is 12.7. The normalized spacial score (nSPS) is 20.1. The van der Waals surface area contributed by atoms with E-state index in [2.05, 4.69) is 33.8 Å². The van der Waals surface area contributed by atoms with Crippen molar-refractivity contribution in [3.8, 4) is 6.07 Å². The van der Waals surface area contributed by atoms with Gasteiger partial charge in [0.25, 0.3) is 0 Å². The van der Waals surface area contributed by atoms with Crippen molar-refractivity contribution in [3.05, 3.63) is 0 Å². The molecule has 1 fully saturated rings. The van der Waals surface area contributed by atoms with E-state index >= 15 is 0 Å². The summed E-state index contributed by atoms with van der Waals surface area (Å²) in [7, 11) is 0. The van der Waals surface area contributed by atoms with Crippen LogP contribution in [0.5, 0.6) is 0 Å². The zero-order valence-corrected chi connectivity index (χ0v) is 12.3. The monoisotopic (exact) mass is 249 g/mol. The number of Topliss-reactive ketones (excluding diaryl/α,β-unsaturated/α-hetero) is 1. The predicted molar refractivity (Wildman–Crippen MR) is 73.9 cm³/mol. The number of carbonyl (C=O) groups is 1. The standard InChI is InChI=1S/C16H27NO/c1-12(2)9-14(11-17)15(18)16(10-13(3)4)7-5-6-8-16/h12-14H,5-10H2,1-4H3. The molecule has 102 valence electrons. The van der Waals surface area contributed by atoms with Crippen LogP contribution in [0.1, 0.15) is 66.2 Å². The average Bonchev–Trinajstić information content (AvgIpc) is 2.73. The molecule has 2 nitrogen and oxygen atoms in total. The van der Waals surface area contributed by atoms with Crippen LogP contribution >= 0.6 is 0 Å². The number of rotatable bonds is 6. The van der Waals surface area contributed by atoms with E-state index in [0.717, 1.165) is 38.5 Å². The molecule has 0 radical (unpaired) electrons. The van der Waals surface area contributed by atoms with Gasteiger partial charge in [0.1, 0.15) is 5.92 Å². The number of carbonyl (C=O) groups excluding carboxylic acids is 1. The minimum atomic E-state index is -0.387. The summed E-state index contributed by atoms with van der Waals surface area (Å²) in [6, 6.07) is 2.26. The number of nitrogens with zero attached hydrogens (tertiary/aromatic N) is 1. The van der Waals surface area contributed by atoms with E-state index in [-0.39, 0.29) is 17.1 Å². The highest BCUT2D eigenvalue weighted by molar-refractivity contribution is 5.89. The van der Waals surface area contributed by atoms with Crippen LogP contribution in [-0.2, 0) is 4.79 Å². The second kappa shape index (κ2) is 6.36. The van der Waals surface area contributed by atoms with Gasteiger partial charge in [-0.2, -0.15) is 5.26 Å². The lowest BCUT2D eigenvalue weighted by atomic mass is 9.70. The number of hydrogen-bond donors (Lipinski definition) is 0. The molecule has 1 aliphatic rings. The topological polar surface area (TPSA) is 40.9 Å².